The highest BCUT2D eigenvalue weighted by Crippen LogP contribution is 2.27. The lowest BCUT2D eigenvalue weighted by molar-refractivity contribution is 0.102. The lowest BCUT2D eigenvalue weighted by Crippen LogP contribution is -2.02. The van der Waals surface area contributed by atoms with E-state index in [9.17, 15) is 19.8 Å². The Bertz CT molecular complexity index is 1180. The molecule has 0 bridgehead atoms. The van der Waals surface area contributed by atoms with Crippen LogP contribution in [0.3, 0.4) is 0 Å². The summed E-state index contributed by atoms with van der Waals surface area (Å²) in [6.07, 6.45) is 0. The summed E-state index contributed by atoms with van der Waals surface area (Å²) in [7, 11) is 0. The van der Waals surface area contributed by atoms with Crippen LogP contribution >= 0.6 is 0 Å². The second kappa shape index (κ2) is 8.55. The van der Waals surface area contributed by atoms with Crippen LogP contribution in [-0.4, -0.2) is 21.8 Å². The van der Waals surface area contributed by atoms with Gasteiger partial charge >= 0.3 is 0 Å². The van der Waals surface area contributed by atoms with E-state index in [-0.39, 0.29) is 34.2 Å². The lowest BCUT2D eigenvalue weighted by Gasteiger charge is -2.10. The summed E-state index contributed by atoms with van der Waals surface area (Å²) in [6, 6.07) is 25.9. The highest BCUT2D eigenvalue weighted by atomic mass is 16.5. The number of aromatic hydroxyl groups is 2. The van der Waals surface area contributed by atoms with Crippen molar-refractivity contribution in [2.24, 2.45) is 0 Å². The molecule has 5 heteroatoms. The van der Waals surface area contributed by atoms with E-state index in [0.29, 0.717) is 22.6 Å². The molecule has 0 fully saturated rings. The number of benzene rings is 4. The third-order valence-corrected chi connectivity index (χ3v) is 4.73. The molecule has 0 aliphatic carbocycles. The number of hydrogen-bond donors (Lipinski definition) is 2. The van der Waals surface area contributed by atoms with Gasteiger partial charge in [0.1, 0.15) is 23.0 Å². The molecule has 4 rings (SSSR count). The van der Waals surface area contributed by atoms with Crippen LogP contribution in [0.5, 0.6) is 23.0 Å². The SMILES string of the molecule is O=C(c1cccc(Oc2cccc(C(=O)c3ccccc3O)c2)c1)c1ccccc1O. The van der Waals surface area contributed by atoms with Gasteiger partial charge in [0.25, 0.3) is 0 Å². The third-order valence-electron chi connectivity index (χ3n) is 4.73. The molecule has 0 aliphatic heterocycles. The van der Waals surface area contributed by atoms with Crippen LogP contribution in [0.2, 0.25) is 0 Å². The number of hydrogen-bond acceptors (Lipinski definition) is 5. The first-order chi connectivity index (χ1) is 15.0. The monoisotopic (exact) mass is 410 g/mol. The molecule has 152 valence electrons. The minimum atomic E-state index is -0.327. The van der Waals surface area contributed by atoms with Crippen molar-refractivity contribution in [3.05, 3.63) is 119 Å². The summed E-state index contributed by atoms with van der Waals surface area (Å²) in [4.78, 5) is 25.4. The summed E-state index contributed by atoms with van der Waals surface area (Å²) < 4.78 is 5.86. The number of ether oxygens (including phenoxy) is 1. The minimum absolute atomic E-state index is 0.0887. The van der Waals surface area contributed by atoms with Crippen LogP contribution in [0.4, 0.5) is 0 Å². The van der Waals surface area contributed by atoms with Gasteiger partial charge in [-0.1, -0.05) is 48.5 Å². The van der Waals surface area contributed by atoms with Crippen LogP contribution in [-0.2, 0) is 0 Å². The minimum Gasteiger partial charge on any atom is -0.507 e. The Balaban J connectivity index is 1.58. The Morgan fingerprint density at radius 3 is 1.39 bits per heavy atom. The fourth-order valence-electron chi connectivity index (χ4n) is 3.18. The topological polar surface area (TPSA) is 83.8 Å². The van der Waals surface area contributed by atoms with Crippen molar-refractivity contribution < 1.29 is 24.5 Å². The quantitative estimate of drug-likeness (QED) is 0.419. The molecule has 0 unspecified atom stereocenters. The second-order valence-corrected chi connectivity index (χ2v) is 6.85. The highest BCUT2D eigenvalue weighted by Gasteiger charge is 2.15. The van der Waals surface area contributed by atoms with E-state index in [4.69, 9.17) is 4.74 Å². The van der Waals surface area contributed by atoms with E-state index in [1.807, 2.05) is 0 Å². The molecule has 0 aromatic heterocycles. The molecule has 0 amide bonds. The molecule has 4 aromatic rings. The van der Waals surface area contributed by atoms with E-state index in [2.05, 4.69) is 0 Å². The van der Waals surface area contributed by atoms with Crippen molar-refractivity contribution >= 4 is 11.6 Å². The zero-order valence-corrected chi connectivity index (χ0v) is 16.4. The smallest absolute Gasteiger partial charge is 0.196 e. The van der Waals surface area contributed by atoms with Crippen molar-refractivity contribution in [3.63, 3.8) is 0 Å². The average molecular weight is 410 g/mol. The van der Waals surface area contributed by atoms with Gasteiger partial charge in [-0.3, -0.25) is 9.59 Å². The first kappa shape index (κ1) is 19.9. The van der Waals surface area contributed by atoms with Gasteiger partial charge < -0.3 is 14.9 Å². The molecule has 0 aliphatic rings. The van der Waals surface area contributed by atoms with Gasteiger partial charge in [-0.25, -0.2) is 0 Å². The zero-order valence-electron chi connectivity index (χ0n) is 16.4. The maximum Gasteiger partial charge on any atom is 0.196 e. The van der Waals surface area contributed by atoms with Gasteiger partial charge in [-0.15, -0.1) is 0 Å². The van der Waals surface area contributed by atoms with Gasteiger partial charge in [0.2, 0.25) is 0 Å². The van der Waals surface area contributed by atoms with E-state index >= 15 is 0 Å². The summed E-state index contributed by atoms with van der Waals surface area (Å²) in [5.41, 5.74) is 1.13. The van der Waals surface area contributed by atoms with Crippen LogP contribution in [0.25, 0.3) is 0 Å². The maximum atomic E-state index is 12.7. The third kappa shape index (κ3) is 4.31. The normalized spacial score (nSPS) is 10.5. The maximum absolute atomic E-state index is 12.7. The van der Waals surface area contributed by atoms with Crippen molar-refractivity contribution in [1.29, 1.82) is 0 Å². The Morgan fingerprint density at radius 2 is 0.968 bits per heavy atom. The predicted molar refractivity (Wildman–Crippen MR) is 116 cm³/mol. The highest BCUT2D eigenvalue weighted by molar-refractivity contribution is 6.11. The Hall–Kier alpha value is -4.38. The lowest BCUT2D eigenvalue weighted by atomic mass is 10.0. The molecular weight excluding hydrogens is 392 g/mol. The van der Waals surface area contributed by atoms with E-state index in [1.165, 1.54) is 12.1 Å². The van der Waals surface area contributed by atoms with Gasteiger partial charge in [0, 0.05) is 11.1 Å². The van der Waals surface area contributed by atoms with Crippen molar-refractivity contribution in [3.8, 4) is 23.0 Å². The molecule has 0 saturated carbocycles. The molecule has 0 saturated heterocycles. The molecule has 31 heavy (non-hydrogen) atoms. The fraction of sp³-hybridized carbons (Fsp3) is 0. The molecule has 0 radical (unpaired) electrons. The average Bonchev–Trinajstić information content (AvgIpc) is 2.79. The molecular formula is C26H18O5. The van der Waals surface area contributed by atoms with Crippen LogP contribution in [0, 0.1) is 0 Å². The number of ketones is 2. The van der Waals surface area contributed by atoms with Crippen LogP contribution < -0.4 is 4.74 Å². The molecule has 0 heterocycles. The second-order valence-electron chi connectivity index (χ2n) is 6.85. The number of para-hydroxylation sites is 2. The van der Waals surface area contributed by atoms with Crippen LogP contribution in [0.1, 0.15) is 31.8 Å². The summed E-state index contributed by atoms with van der Waals surface area (Å²) in [5.74, 6) is -0.00989. The van der Waals surface area contributed by atoms with Crippen LogP contribution in [0.15, 0.2) is 97.1 Å². The van der Waals surface area contributed by atoms with Crippen molar-refractivity contribution in [2.45, 2.75) is 0 Å². The molecule has 5 nitrogen and oxygen atoms in total. The van der Waals surface area contributed by atoms with E-state index in [0.717, 1.165) is 0 Å². The number of phenols is 2. The van der Waals surface area contributed by atoms with Crippen molar-refractivity contribution in [1.82, 2.24) is 0 Å². The molecule has 4 aromatic carbocycles. The van der Waals surface area contributed by atoms with E-state index < -0.39 is 0 Å². The summed E-state index contributed by atoms with van der Waals surface area (Å²) >= 11 is 0. The number of carbonyl (C=O) groups is 2. The predicted octanol–water partition coefficient (Wildman–Crippen LogP) is 5.35. The molecule has 0 spiro atoms. The van der Waals surface area contributed by atoms with E-state index in [1.54, 1.807) is 84.9 Å². The Labute approximate surface area is 178 Å². The Morgan fingerprint density at radius 1 is 0.548 bits per heavy atom. The first-order valence-corrected chi connectivity index (χ1v) is 9.56. The first-order valence-electron chi connectivity index (χ1n) is 9.56. The Kier molecular flexibility index (Phi) is 5.49. The standard InChI is InChI=1S/C26H18O5/c27-23-13-3-1-11-21(23)25(29)17-7-5-9-19(15-17)31-20-10-6-8-18(16-20)26(30)22-12-2-4-14-24(22)28/h1-16,27-28H. The number of carbonyl (C=O) groups excluding carboxylic acids is 2. The van der Waals surface area contributed by atoms with Gasteiger partial charge in [0.15, 0.2) is 11.6 Å². The van der Waals surface area contributed by atoms with Crippen molar-refractivity contribution in [2.75, 3.05) is 0 Å². The zero-order chi connectivity index (χ0) is 21.8. The van der Waals surface area contributed by atoms with Gasteiger partial charge in [-0.2, -0.15) is 0 Å². The fourth-order valence-corrected chi connectivity index (χ4v) is 3.18. The number of rotatable bonds is 6. The number of phenolic OH excluding ortho intramolecular Hbond substituents is 2. The molecule has 0 atom stereocenters. The largest absolute Gasteiger partial charge is 0.507 e. The van der Waals surface area contributed by atoms with Gasteiger partial charge in [0.05, 0.1) is 11.1 Å². The summed E-state index contributed by atoms with van der Waals surface area (Å²) in [6.45, 7) is 0. The molecule has 2 N–H and O–H groups in total. The van der Waals surface area contributed by atoms with Gasteiger partial charge in [-0.05, 0) is 48.5 Å². The summed E-state index contributed by atoms with van der Waals surface area (Å²) in [5, 5.41) is 19.9.